The third kappa shape index (κ3) is 8.51. The third-order valence-corrected chi connectivity index (χ3v) is 6.77. The van der Waals surface area contributed by atoms with E-state index < -0.39 is 6.04 Å². The molecule has 0 saturated carbocycles. The maximum Gasteiger partial charge on any atom is 0.261 e. The molecule has 5 nitrogen and oxygen atoms in total. The van der Waals surface area contributed by atoms with E-state index >= 15 is 0 Å². The summed E-state index contributed by atoms with van der Waals surface area (Å²) >= 11 is 12.6. The summed E-state index contributed by atoms with van der Waals surface area (Å²) in [7, 11) is 0. The molecule has 3 aromatic rings. The van der Waals surface area contributed by atoms with Crippen LogP contribution in [-0.2, 0) is 22.6 Å². The SMILES string of the molecule is CC[C@H](C)NC(=O)[C@@H](Cc1ccccc1)N(Cc1ccc(Cl)cc1Cl)C(=O)COc1cc(C)cc(C)c1. The minimum absolute atomic E-state index is 0.0339. The predicted molar refractivity (Wildman–Crippen MR) is 150 cm³/mol. The van der Waals surface area contributed by atoms with Crippen LogP contribution in [0.4, 0.5) is 0 Å². The van der Waals surface area contributed by atoms with Crippen LogP contribution in [0.1, 0.15) is 42.5 Å². The monoisotopic (exact) mass is 540 g/mol. The maximum absolute atomic E-state index is 13.7. The van der Waals surface area contributed by atoms with Gasteiger partial charge in [-0.05, 0) is 73.7 Å². The summed E-state index contributed by atoms with van der Waals surface area (Å²) in [6.45, 7) is 7.83. The molecule has 0 unspecified atom stereocenters. The molecular weight excluding hydrogens is 507 g/mol. The first-order valence-electron chi connectivity index (χ1n) is 12.4. The van der Waals surface area contributed by atoms with Gasteiger partial charge in [0.2, 0.25) is 5.91 Å². The number of amides is 2. The van der Waals surface area contributed by atoms with Gasteiger partial charge in [0.25, 0.3) is 5.91 Å². The molecule has 37 heavy (non-hydrogen) atoms. The molecule has 0 bridgehead atoms. The van der Waals surface area contributed by atoms with Gasteiger partial charge in [0.1, 0.15) is 11.8 Å². The second-order valence-corrected chi connectivity index (χ2v) is 10.2. The van der Waals surface area contributed by atoms with Gasteiger partial charge in [0.15, 0.2) is 6.61 Å². The maximum atomic E-state index is 13.7. The van der Waals surface area contributed by atoms with E-state index in [-0.39, 0.29) is 31.0 Å². The van der Waals surface area contributed by atoms with Crippen LogP contribution >= 0.6 is 23.2 Å². The number of aryl methyl sites for hydroxylation is 2. The van der Waals surface area contributed by atoms with E-state index in [0.717, 1.165) is 23.1 Å². The molecule has 1 N–H and O–H groups in total. The highest BCUT2D eigenvalue weighted by atomic mass is 35.5. The molecule has 2 amide bonds. The van der Waals surface area contributed by atoms with Crippen LogP contribution < -0.4 is 10.1 Å². The smallest absolute Gasteiger partial charge is 0.261 e. The molecule has 0 heterocycles. The summed E-state index contributed by atoms with van der Waals surface area (Å²) in [6, 6.07) is 19.8. The zero-order valence-electron chi connectivity index (χ0n) is 21.8. The lowest BCUT2D eigenvalue weighted by Gasteiger charge is -2.32. The van der Waals surface area contributed by atoms with Crippen LogP contribution in [-0.4, -0.2) is 35.4 Å². The minimum Gasteiger partial charge on any atom is -0.484 e. The van der Waals surface area contributed by atoms with Crippen LogP contribution in [0.3, 0.4) is 0 Å². The second kappa shape index (κ2) is 13.5. The number of nitrogens with one attached hydrogen (secondary N) is 1. The second-order valence-electron chi connectivity index (χ2n) is 9.39. The fourth-order valence-corrected chi connectivity index (χ4v) is 4.54. The normalized spacial score (nSPS) is 12.5. The van der Waals surface area contributed by atoms with Gasteiger partial charge < -0.3 is 15.0 Å². The van der Waals surface area contributed by atoms with E-state index in [1.54, 1.807) is 23.1 Å². The molecule has 0 radical (unpaired) electrons. The summed E-state index contributed by atoms with van der Waals surface area (Å²) in [5.41, 5.74) is 3.73. The highest BCUT2D eigenvalue weighted by Crippen LogP contribution is 2.24. The summed E-state index contributed by atoms with van der Waals surface area (Å²) in [6.07, 6.45) is 1.13. The molecule has 0 aliphatic heterocycles. The highest BCUT2D eigenvalue weighted by molar-refractivity contribution is 6.35. The Bertz CT molecular complexity index is 1200. The van der Waals surface area contributed by atoms with Gasteiger partial charge in [0, 0.05) is 29.1 Å². The Kier molecular flexibility index (Phi) is 10.4. The highest BCUT2D eigenvalue weighted by Gasteiger charge is 2.31. The van der Waals surface area contributed by atoms with Crippen molar-refractivity contribution in [1.29, 1.82) is 0 Å². The van der Waals surface area contributed by atoms with Crippen molar-refractivity contribution in [3.8, 4) is 5.75 Å². The molecule has 196 valence electrons. The number of rotatable bonds is 11. The lowest BCUT2D eigenvalue weighted by atomic mass is 10.0. The number of ether oxygens (including phenoxy) is 1. The first kappa shape index (κ1) is 28.5. The quantitative estimate of drug-likeness (QED) is 0.300. The van der Waals surface area contributed by atoms with E-state index in [0.29, 0.717) is 27.8 Å². The van der Waals surface area contributed by atoms with E-state index in [4.69, 9.17) is 27.9 Å². The number of benzene rings is 3. The summed E-state index contributed by atoms with van der Waals surface area (Å²) in [5.74, 6) is 0.0763. The van der Waals surface area contributed by atoms with Crippen LogP contribution in [0.5, 0.6) is 5.75 Å². The van der Waals surface area contributed by atoms with Gasteiger partial charge in [-0.2, -0.15) is 0 Å². The number of hydrogen-bond donors (Lipinski definition) is 1. The Balaban J connectivity index is 1.95. The Morgan fingerprint density at radius 1 is 0.973 bits per heavy atom. The molecule has 0 fully saturated rings. The fraction of sp³-hybridized carbons (Fsp3) is 0.333. The fourth-order valence-electron chi connectivity index (χ4n) is 4.07. The lowest BCUT2D eigenvalue weighted by molar-refractivity contribution is -0.143. The Morgan fingerprint density at radius 3 is 2.27 bits per heavy atom. The Hall–Kier alpha value is -3.02. The van der Waals surface area contributed by atoms with E-state index in [1.807, 2.05) is 76.2 Å². The zero-order valence-corrected chi connectivity index (χ0v) is 23.3. The van der Waals surface area contributed by atoms with Gasteiger partial charge in [-0.15, -0.1) is 0 Å². The number of carbonyl (C=O) groups excluding carboxylic acids is 2. The van der Waals surface area contributed by atoms with Gasteiger partial charge in [-0.1, -0.05) is 72.6 Å². The van der Waals surface area contributed by atoms with Crippen molar-refractivity contribution in [2.24, 2.45) is 0 Å². The van der Waals surface area contributed by atoms with Crippen molar-refractivity contribution in [1.82, 2.24) is 10.2 Å². The van der Waals surface area contributed by atoms with Crippen molar-refractivity contribution < 1.29 is 14.3 Å². The minimum atomic E-state index is -0.765. The standard InChI is InChI=1S/C30H34Cl2N2O3/c1-5-22(4)33-30(36)28(16-23-9-7-6-8-10-23)34(18-24-11-12-25(31)17-27(24)32)29(35)19-37-26-14-20(2)13-21(3)15-26/h6-15,17,22,28H,5,16,18-19H2,1-4H3,(H,33,36)/t22-,28+/m0/s1. The van der Waals surface area contributed by atoms with Gasteiger partial charge in [0.05, 0.1) is 0 Å². The number of carbonyl (C=O) groups is 2. The van der Waals surface area contributed by atoms with Gasteiger partial charge >= 0.3 is 0 Å². The summed E-state index contributed by atoms with van der Waals surface area (Å²) < 4.78 is 5.90. The van der Waals surface area contributed by atoms with E-state index in [9.17, 15) is 9.59 Å². The van der Waals surface area contributed by atoms with Gasteiger partial charge in [-0.25, -0.2) is 0 Å². The molecule has 2 atom stereocenters. The van der Waals surface area contributed by atoms with Crippen molar-refractivity contribution in [2.45, 2.75) is 59.2 Å². The first-order valence-corrected chi connectivity index (χ1v) is 13.2. The third-order valence-electron chi connectivity index (χ3n) is 6.19. The molecule has 0 aliphatic carbocycles. The average molecular weight is 542 g/mol. The largest absolute Gasteiger partial charge is 0.484 e. The Labute approximate surface area is 229 Å². The predicted octanol–water partition coefficient (Wildman–Crippen LogP) is 6.54. The van der Waals surface area contributed by atoms with Crippen molar-refractivity contribution in [3.05, 3.63) is 99.0 Å². The van der Waals surface area contributed by atoms with Crippen LogP contribution in [0, 0.1) is 13.8 Å². The van der Waals surface area contributed by atoms with Crippen LogP contribution in [0.25, 0.3) is 0 Å². The molecule has 0 saturated heterocycles. The van der Waals surface area contributed by atoms with E-state index in [2.05, 4.69) is 5.32 Å². The van der Waals surface area contributed by atoms with Crippen molar-refractivity contribution in [3.63, 3.8) is 0 Å². The summed E-state index contributed by atoms with van der Waals surface area (Å²) in [4.78, 5) is 28.8. The molecule has 3 aromatic carbocycles. The lowest BCUT2D eigenvalue weighted by Crippen LogP contribution is -2.53. The molecule has 7 heteroatoms. The molecule has 0 spiro atoms. The first-order chi connectivity index (χ1) is 17.7. The molecule has 3 rings (SSSR count). The van der Waals surface area contributed by atoms with Crippen LogP contribution in [0.15, 0.2) is 66.7 Å². The molecule has 0 aliphatic rings. The topological polar surface area (TPSA) is 58.6 Å². The average Bonchev–Trinajstić information content (AvgIpc) is 2.85. The van der Waals surface area contributed by atoms with Crippen LogP contribution in [0.2, 0.25) is 10.0 Å². The number of nitrogens with zero attached hydrogens (tertiary/aromatic N) is 1. The number of hydrogen-bond acceptors (Lipinski definition) is 3. The summed E-state index contributed by atoms with van der Waals surface area (Å²) in [5, 5.41) is 3.99. The molecular formula is C30H34Cl2N2O3. The molecule has 0 aromatic heterocycles. The number of halogens is 2. The van der Waals surface area contributed by atoms with Crippen molar-refractivity contribution in [2.75, 3.05) is 6.61 Å². The Morgan fingerprint density at radius 2 is 1.65 bits per heavy atom. The van der Waals surface area contributed by atoms with E-state index in [1.165, 1.54) is 0 Å². The van der Waals surface area contributed by atoms with Crippen molar-refractivity contribution >= 4 is 35.0 Å². The zero-order chi connectivity index (χ0) is 26.9. The van der Waals surface area contributed by atoms with Gasteiger partial charge in [-0.3, -0.25) is 9.59 Å².